The molecule has 0 spiro atoms. The molecule has 5 heteroatoms. The molecule has 2 aromatic rings. The lowest BCUT2D eigenvalue weighted by atomic mass is 10.1. The fourth-order valence-electron chi connectivity index (χ4n) is 2.13. The lowest BCUT2D eigenvalue weighted by molar-refractivity contribution is -0.133. The van der Waals surface area contributed by atoms with E-state index in [-0.39, 0.29) is 12.4 Å². The molecular formula is C17H13NO4. The Balaban J connectivity index is 1.65. The van der Waals surface area contributed by atoms with Crippen LogP contribution in [0.25, 0.3) is 0 Å². The van der Waals surface area contributed by atoms with Crippen LogP contribution < -0.4 is 14.2 Å². The third-order valence-corrected chi connectivity index (χ3v) is 3.17. The molecule has 0 atom stereocenters. The van der Waals surface area contributed by atoms with Gasteiger partial charge in [0.05, 0.1) is 18.1 Å². The van der Waals surface area contributed by atoms with Crippen molar-refractivity contribution in [3.05, 3.63) is 53.6 Å². The zero-order chi connectivity index (χ0) is 15.4. The number of carbonyl (C=O) groups is 1. The normalized spacial score (nSPS) is 12.3. The smallest absolute Gasteiger partial charge is 0.315 e. The Morgan fingerprint density at radius 1 is 1.09 bits per heavy atom. The van der Waals surface area contributed by atoms with E-state index >= 15 is 0 Å². The first-order chi connectivity index (χ1) is 10.7. The van der Waals surface area contributed by atoms with Gasteiger partial charge in [-0.15, -0.1) is 0 Å². The van der Waals surface area contributed by atoms with Gasteiger partial charge in [-0.1, -0.05) is 6.07 Å². The maximum atomic E-state index is 11.9. The number of carbonyl (C=O) groups excluding carboxylic acids is 1. The number of rotatable bonds is 3. The average molecular weight is 295 g/mol. The Morgan fingerprint density at radius 2 is 1.82 bits per heavy atom. The minimum atomic E-state index is -0.374. The summed E-state index contributed by atoms with van der Waals surface area (Å²) in [7, 11) is 0. The molecule has 1 heterocycles. The molecule has 0 radical (unpaired) electrons. The van der Waals surface area contributed by atoms with Crippen LogP contribution in [0.4, 0.5) is 0 Å². The summed E-state index contributed by atoms with van der Waals surface area (Å²) in [6.07, 6.45) is 0.136. The van der Waals surface area contributed by atoms with Gasteiger partial charge in [-0.3, -0.25) is 4.79 Å². The number of esters is 1. The summed E-state index contributed by atoms with van der Waals surface area (Å²) in [6, 6.07) is 13.8. The van der Waals surface area contributed by atoms with Gasteiger partial charge in [-0.25, -0.2) is 0 Å². The van der Waals surface area contributed by atoms with Crippen LogP contribution in [0.3, 0.4) is 0 Å². The van der Waals surface area contributed by atoms with Crippen LogP contribution in [-0.2, 0) is 11.2 Å². The fourth-order valence-corrected chi connectivity index (χ4v) is 2.13. The Kier molecular flexibility index (Phi) is 3.92. The summed E-state index contributed by atoms with van der Waals surface area (Å²) in [6.45, 7) is 1.04. The third kappa shape index (κ3) is 3.18. The Bertz CT molecular complexity index is 731. The molecule has 0 aromatic heterocycles. The standard InChI is InChI=1S/C17H13NO4/c18-11-12-1-4-14(5-2-12)22-17(19)10-13-3-6-15-16(9-13)21-8-7-20-15/h1-6,9H,7-8,10H2. The minimum Gasteiger partial charge on any atom is -0.486 e. The van der Waals surface area contributed by atoms with Crippen LogP contribution in [0.15, 0.2) is 42.5 Å². The lowest BCUT2D eigenvalue weighted by Crippen LogP contribution is -2.16. The Labute approximate surface area is 127 Å². The number of ether oxygens (including phenoxy) is 3. The van der Waals surface area contributed by atoms with Crippen molar-refractivity contribution in [1.29, 1.82) is 5.26 Å². The second-order valence-electron chi connectivity index (χ2n) is 4.77. The zero-order valence-electron chi connectivity index (χ0n) is 11.7. The second kappa shape index (κ2) is 6.19. The van der Waals surface area contributed by atoms with Crippen molar-refractivity contribution in [1.82, 2.24) is 0 Å². The predicted octanol–water partition coefficient (Wildman–Crippen LogP) is 2.48. The highest BCUT2D eigenvalue weighted by atomic mass is 16.6. The van der Waals surface area contributed by atoms with Gasteiger partial charge in [-0.05, 0) is 42.0 Å². The summed E-state index contributed by atoms with van der Waals surface area (Å²) >= 11 is 0. The third-order valence-electron chi connectivity index (χ3n) is 3.17. The van der Waals surface area contributed by atoms with Gasteiger partial charge in [0.25, 0.3) is 0 Å². The van der Waals surface area contributed by atoms with Crippen molar-refractivity contribution in [2.24, 2.45) is 0 Å². The molecule has 0 saturated heterocycles. The van der Waals surface area contributed by atoms with Crippen molar-refractivity contribution in [2.45, 2.75) is 6.42 Å². The molecule has 0 unspecified atom stereocenters. The van der Waals surface area contributed by atoms with E-state index in [0.717, 1.165) is 5.56 Å². The molecule has 3 rings (SSSR count). The predicted molar refractivity (Wildman–Crippen MR) is 77.9 cm³/mol. The molecule has 0 saturated carbocycles. The van der Waals surface area contributed by atoms with Gasteiger partial charge in [0.15, 0.2) is 11.5 Å². The van der Waals surface area contributed by atoms with Gasteiger partial charge in [0.2, 0.25) is 0 Å². The van der Waals surface area contributed by atoms with Gasteiger partial charge >= 0.3 is 5.97 Å². The quantitative estimate of drug-likeness (QED) is 0.642. The van der Waals surface area contributed by atoms with E-state index in [1.165, 1.54) is 0 Å². The van der Waals surface area contributed by atoms with E-state index in [4.69, 9.17) is 19.5 Å². The molecular weight excluding hydrogens is 282 g/mol. The lowest BCUT2D eigenvalue weighted by Gasteiger charge is -2.18. The largest absolute Gasteiger partial charge is 0.486 e. The summed E-state index contributed by atoms with van der Waals surface area (Å²) in [5.74, 6) is 1.38. The van der Waals surface area contributed by atoms with Crippen LogP contribution in [0.5, 0.6) is 17.2 Å². The zero-order valence-corrected chi connectivity index (χ0v) is 11.7. The summed E-state index contributed by atoms with van der Waals surface area (Å²) in [5.41, 5.74) is 1.31. The Hall–Kier alpha value is -3.00. The molecule has 0 fully saturated rings. The van der Waals surface area contributed by atoms with Gasteiger partial charge in [0, 0.05) is 0 Å². The van der Waals surface area contributed by atoms with Gasteiger partial charge in [-0.2, -0.15) is 5.26 Å². The second-order valence-corrected chi connectivity index (χ2v) is 4.77. The van der Waals surface area contributed by atoms with E-state index in [2.05, 4.69) is 0 Å². The molecule has 0 aliphatic carbocycles. The number of fused-ring (bicyclic) bond motifs is 1. The van der Waals surface area contributed by atoms with Crippen LogP contribution in [0, 0.1) is 11.3 Å². The van der Waals surface area contributed by atoms with Gasteiger partial charge in [0.1, 0.15) is 19.0 Å². The summed E-state index contributed by atoms with van der Waals surface area (Å²) in [4.78, 5) is 11.9. The van der Waals surface area contributed by atoms with Crippen LogP contribution in [0.2, 0.25) is 0 Å². The van der Waals surface area contributed by atoms with Crippen molar-refractivity contribution < 1.29 is 19.0 Å². The molecule has 1 aliphatic heterocycles. The summed E-state index contributed by atoms with van der Waals surface area (Å²) in [5, 5.41) is 8.72. The molecule has 0 amide bonds. The molecule has 22 heavy (non-hydrogen) atoms. The first-order valence-electron chi connectivity index (χ1n) is 6.84. The summed E-state index contributed by atoms with van der Waals surface area (Å²) < 4.78 is 16.2. The number of hydrogen-bond acceptors (Lipinski definition) is 5. The van der Waals surface area contributed by atoms with Crippen molar-refractivity contribution in [3.63, 3.8) is 0 Å². The highest BCUT2D eigenvalue weighted by Gasteiger charge is 2.14. The molecule has 1 aliphatic rings. The van der Waals surface area contributed by atoms with E-state index < -0.39 is 0 Å². The van der Waals surface area contributed by atoms with Crippen LogP contribution >= 0.6 is 0 Å². The molecule has 0 bridgehead atoms. The molecule has 0 N–H and O–H groups in total. The Morgan fingerprint density at radius 3 is 2.55 bits per heavy atom. The van der Waals surface area contributed by atoms with E-state index in [9.17, 15) is 4.79 Å². The highest BCUT2D eigenvalue weighted by molar-refractivity contribution is 5.75. The molecule has 5 nitrogen and oxygen atoms in total. The average Bonchev–Trinajstić information content (AvgIpc) is 2.55. The van der Waals surface area contributed by atoms with Crippen molar-refractivity contribution >= 4 is 5.97 Å². The molecule has 2 aromatic carbocycles. The maximum absolute atomic E-state index is 11.9. The van der Waals surface area contributed by atoms with Crippen molar-refractivity contribution in [3.8, 4) is 23.3 Å². The van der Waals surface area contributed by atoms with Crippen LogP contribution in [-0.4, -0.2) is 19.2 Å². The van der Waals surface area contributed by atoms with Crippen molar-refractivity contribution in [2.75, 3.05) is 13.2 Å². The van der Waals surface area contributed by atoms with E-state index in [1.807, 2.05) is 12.1 Å². The van der Waals surface area contributed by atoms with E-state index in [1.54, 1.807) is 36.4 Å². The van der Waals surface area contributed by atoms with E-state index in [0.29, 0.717) is 36.0 Å². The molecule has 110 valence electrons. The fraction of sp³-hybridized carbons (Fsp3) is 0.176. The van der Waals surface area contributed by atoms with Gasteiger partial charge < -0.3 is 14.2 Å². The SMILES string of the molecule is N#Cc1ccc(OC(=O)Cc2ccc3c(c2)OCCO3)cc1. The topological polar surface area (TPSA) is 68.5 Å². The number of benzene rings is 2. The monoisotopic (exact) mass is 295 g/mol. The number of hydrogen-bond donors (Lipinski definition) is 0. The highest BCUT2D eigenvalue weighted by Crippen LogP contribution is 2.30. The first-order valence-corrected chi connectivity index (χ1v) is 6.84. The maximum Gasteiger partial charge on any atom is 0.315 e. The minimum absolute atomic E-state index is 0.136. The van der Waals surface area contributed by atoms with Crippen LogP contribution in [0.1, 0.15) is 11.1 Å². The first kappa shape index (κ1) is 14.0. The number of nitrogens with zero attached hydrogens (tertiary/aromatic N) is 1. The number of nitriles is 1.